The van der Waals surface area contributed by atoms with Crippen LogP contribution in [0.3, 0.4) is 0 Å². The van der Waals surface area contributed by atoms with Crippen LogP contribution in [0.5, 0.6) is 0 Å². The van der Waals surface area contributed by atoms with Gasteiger partial charge in [0.15, 0.2) is 0 Å². The van der Waals surface area contributed by atoms with Gasteiger partial charge in [-0.1, -0.05) is 41.1 Å². The van der Waals surface area contributed by atoms with E-state index in [2.05, 4.69) is 35.1 Å². The summed E-state index contributed by atoms with van der Waals surface area (Å²) in [6, 6.07) is 12.4. The van der Waals surface area contributed by atoms with Gasteiger partial charge in [0.05, 0.1) is 6.04 Å². The second kappa shape index (κ2) is 5.52. The number of rotatable bonds is 4. The average Bonchev–Trinajstić information content (AvgIpc) is 2.79. The van der Waals surface area contributed by atoms with Crippen molar-refractivity contribution in [3.8, 4) is 11.3 Å². The van der Waals surface area contributed by atoms with Crippen molar-refractivity contribution in [3.05, 3.63) is 46.6 Å². The number of furan rings is 1. The van der Waals surface area contributed by atoms with Crippen molar-refractivity contribution >= 4 is 15.9 Å². The zero-order chi connectivity index (χ0) is 12.3. The molecule has 1 heterocycles. The highest BCUT2D eigenvalue weighted by Gasteiger charge is 2.11. The summed E-state index contributed by atoms with van der Waals surface area (Å²) in [6.45, 7) is 5.13. The Hall–Kier alpha value is -1.06. The first kappa shape index (κ1) is 12.4. The number of halogens is 1. The fraction of sp³-hybridized carbons (Fsp3) is 0.286. The van der Waals surface area contributed by atoms with Gasteiger partial charge in [-0.3, -0.25) is 0 Å². The highest BCUT2D eigenvalue weighted by Crippen LogP contribution is 2.30. The molecule has 1 unspecified atom stereocenters. The van der Waals surface area contributed by atoms with Crippen LogP contribution in [0.4, 0.5) is 0 Å². The summed E-state index contributed by atoms with van der Waals surface area (Å²) in [5, 5.41) is 3.34. The Bertz CT molecular complexity index is 492. The molecule has 0 saturated heterocycles. The van der Waals surface area contributed by atoms with E-state index in [0.717, 1.165) is 28.1 Å². The fourth-order valence-electron chi connectivity index (χ4n) is 1.80. The summed E-state index contributed by atoms with van der Waals surface area (Å²) in [4.78, 5) is 0. The standard InChI is InChI=1S/C14H16BrNO/c1-3-16-10(2)13-8-9-14(17-13)11-6-4-5-7-12(11)15/h4-10,16H,3H2,1-2H3. The normalized spacial score (nSPS) is 12.6. The van der Waals surface area contributed by atoms with Crippen LogP contribution in [-0.2, 0) is 0 Å². The minimum absolute atomic E-state index is 0.247. The number of hydrogen-bond donors (Lipinski definition) is 1. The fourth-order valence-corrected chi connectivity index (χ4v) is 2.28. The van der Waals surface area contributed by atoms with Gasteiger partial charge >= 0.3 is 0 Å². The molecule has 0 radical (unpaired) electrons. The smallest absolute Gasteiger partial charge is 0.135 e. The molecule has 2 aromatic rings. The van der Waals surface area contributed by atoms with E-state index in [9.17, 15) is 0 Å². The van der Waals surface area contributed by atoms with Crippen molar-refractivity contribution in [1.82, 2.24) is 5.32 Å². The Balaban J connectivity index is 2.27. The lowest BCUT2D eigenvalue weighted by Gasteiger charge is -2.08. The highest BCUT2D eigenvalue weighted by molar-refractivity contribution is 9.10. The first-order chi connectivity index (χ1) is 8.22. The Morgan fingerprint density at radius 1 is 1.24 bits per heavy atom. The van der Waals surface area contributed by atoms with Crippen LogP contribution >= 0.6 is 15.9 Å². The van der Waals surface area contributed by atoms with E-state index < -0.39 is 0 Å². The van der Waals surface area contributed by atoms with Gasteiger partial charge in [-0.05, 0) is 31.7 Å². The van der Waals surface area contributed by atoms with Crippen LogP contribution in [0, 0.1) is 0 Å². The van der Waals surface area contributed by atoms with E-state index in [0.29, 0.717) is 0 Å². The second-order valence-electron chi connectivity index (χ2n) is 3.96. The minimum atomic E-state index is 0.247. The number of benzene rings is 1. The summed E-state index contributed by atoms with van der Waals surface area (Å²) in [7, 11) is 0. The molecule has 0 aliphatic rings. The van der Waals surface area contributed by atoms with Crippen molar-refractivity contribution in [2.24, 2.45) is 0 Å². The maximum atomic E-state index is 5.87. The maximum Gasteiger partial charge on any atom is 0.135 e. The Morgan fingerprint density at radius 3 is 2.71 bits per heavy atom. The molecule has 0 spiro atoms. The molecule has 0 amide bonds. The first-order valence-electron chi connectivity index (χ1n) is 5.80. The molecular weight excluding hydrogens is 278 g/mol. The van der Waals surface area contributed by atoms with Crippen LogP contribution in [0.15, 0.2) is 45.3 Å². The molecule has 0 aliphatic heterocycles. The van der Waals surface area contributed by atoms with E-state index in [4.69, 9.17) is 4.42 Å². The zero-order valence-electron chi connectivity index (χ0n) is 10.0. The van der Waals surface area contributed by atoms with Crippen molar-refractivity contribution in [2.75, 3.05) is 6.54 Å². The van der Waals surface area contributed by atoms with Gasteiger partial charge in [0.25, 0.3) is 0 Å². The largest absolute Gasteiger partial charge is 0.459 e. The van der Waals surface area contributed by atoms with E-state index in [1.54, 1.807) is 0 Å². The Kier molecular flexibility index (Phi) is 4.02. The SMILES string of the molecule is CCNC(C)c1ccc(-c2ccccc2Br)o1. The van der Waals surface area contributed by atoms with Gasteiger partial charge in [-0.25, -0.2) is 0 Å². The molecule has 3 heteroatoms. The molecule has 1 aromatic carbocycles. The third-order valence-electron chi connectivity index (χ3n) is 2.70. The first-order valence-corrected chi connectivity index (χ1v) is 6.59. The van der Waals surface area contributed by atoms with Gasteiger partial charge in [0.1, 0.15) is 11.5 Å². The lowest BCUT2D eigenvalue weighted by atomic mass is 10.2. The summed E-state index contributed by atoms with van der Waals surface area (Å²) >= 11 is 3.53. The van der Waals surface area contributed by atoms with Gasteiger partial charge < -0.3 is 9.73 Å². The van der Waals surface area contributed by atoms with Crippen LogP contribution in [0.1, 0.15) is 25.6 Å². The Morgan fingerprint density at radius 2 is 2.00 bits per heavy atom. The van der Waals surface area contributed by atoms with Crippen molar-refractivity contribution < 1.29 is 4.42 Å². The lowest BCUT2D eigenvalue weighted by molar-refractivity contribution is 0.445. The summed E-state index contributed by atoms with van der Waals surface area (Å²) in [6.07, 6.45) is 0. The molecular formula is C14H16BrNO. The average molecular weight is 294 g/mol. The van der Waals surface area contributed by atoms with Crippen molar-refractivity contribution in [1.29, 1.82) is 0 Å². The predicted molar refractivity (Wildman–Crippen MR) is 73.9 cm³/mol. The molecule has 2 nitrogen and oxygen atoms in total. The second-order valence-corrected chi connectivity index (χ2v) is 4.82. The van der Waals surface area contributed by atoms with Gasteiger partial charge in [0, 0.05) is 10.0 Å². The van der Waals surface area contributed by atoms with E-state index in [-0.39, 0.29) is 6.04 Å². The third kappa shape index (κ3) is 2.79. The molecule has 17 heavy (non-hydrogen) atoms. The molecule has 1 atom stereocenters. The lowest BCUT2D eigenvalue weighted by Crippen LogP contribution is -2.16. The predicted octanol–water partition coefficient (Wildman–Crippen LogP) is 4.38. The number of hydrogen-bond acceptors (Lipinski definition) is 2. The molecule has 0 aliphatic carbocycles. The van der Waals surface area contributed by atoms with E-state index in [1.165, 1.54) is 0 Å². The molecule has 2 rings (SSSR count). The third-order valence-corrected chi connectivity index (χ3v) is 3.39. The van der Waals surface area contributed by atoms with Gasteiger partial charge in [-0.15, -0.1) is 0 Å². The Labute approximate surface area is 110 Å². The van der Waals surface area contributed by atoms with Crippen molar-refractivity contribution in [2.45, 2.75) is 19.9 Å². The van der Waals surface area contributed by atoms with Crippen molar-refractivity contribution in [3.63, 3.8) is 0 Å². The summed E-state index contributed by atoms with van der Waals surface area (Å²) < 4.78 is 6.93. The van der Waals surface area contributed by atoms with Gasteiger partial charge in [-0.2, -0.15) is 0 Å². The van der Waals surface area contributed by atoms with E-state index in [1.807, 2.05) is 36.4 Å². The van der Waals surface area contributed by atoms with Crippen LogP contribution < -0.4 is 5.32 Å². The quantitative estimate of drug-likeness (QED) is 0.905. The molecule has 0 fully saturated rings. The highest BCUT2D eigenvalue weighted by atomic mass is 79.9. The summed E-state index contributed by atoms with van der Waals surface area (Å²) in [5.74, 6) is 1.87. The van der Waals surface area contributed by atoms with E-state index >= 15 is 0 Å². The molecule has 1 aromatic heterocycles. The van der Waals surface area contributed by atoms with Gasteiger partial charge in [0.2, 0.25) is 0 Å². The van der Waals surface area contributed by atoms with Crippen LogP contribution in [0.2, 0.25) is 0 Å². The minimum Gasteiger partial charge on any atom is -0.459 e. The monoisotopic (exact) mass is 293 g/mol. The topological polar surface area (TPSA) is 25.2 Å². The molecule has 1 N–H and O–H groups in total. The summed E-state index contributed by atoms with van der Waals surface area (Å²) in [5.41, 5.74) is 1.09. The van der Waals surface area contributed by atoms with Crippen LogP contribution in [0.25, 0.3) is 11.3 Å². The van der Waals surface area contributed by atoms with Crippen LogP contribution in [-0.4, -0.2) is 6.54 Å². The molecule has 90 valence electrons. The zero-order valence-corrected chi connectivity index (χ0v) is 11.6. The molecule has 0 saturated carbocycles. The number of nitrogens with one attached hydrogen (secondary N) is 1. The maximum absolute atomic E-state index is 5.87. The molecule has 0 bridgehead atoms.